The van der Waals surface area contributed by atoms with E-state index >= 15 is 0 Å². The monoisotopic (exact) mass is 398 g/mol. The highest BCUT2D eigenvalue weighted by Crippen LogP contribution is 2.38. The molecule has 7 heteroatoms. The van der Waals surface area contributed by atoms with Crippen molar-refractivity contribution in [1.29, 1.82) is 0 Å². The number of nitrogens with one attached hydrogen (secondary N) is 2. The van der Waals surface area contributed by atoms with Crippen molar-refractivity contribution in [2.45, 2.75) is 57.9 Å². The Morgan fingerprint density at radius 2 is 1.97 bits per heavy atom. The lowest BCUT2D eigenvalue weighted by Crippen LogP contribution is -2.54. The van der Waals surface area contributed by atoms with Gasteiger partial charge in [-0.3, -0.25) is 14.5 Å². The molecule has 4 amide bonds. The van der Waals surface area contributed by atoms with Gasteiger partial charge in [-0.2, -0.15) is 0 Å². The summed E-state index contributed by atoms with van der Waals surface area (Å²) in [7, 11) is 0. The van der Waals surface area contributed by atoms with Crippen molar-refractivity contribution < 1.29 is 14.4 Å². The maximum Gasteiger partial charge on any atom is 0.325 e. The van der Waals surface area contributed by atoms with Gasteiger partial charge in [-0.15, -0.1) is 0 Å². The van der Waals surface area contributed by atoms with E-state index in [1.54, 1.807) is 0 Å². The first-order chi connectivity index (χ1) is 13.9. The molecule has 0 bridgehead atoms. The quantitative estimate of drug-likeness (QED) is 0.764. The normalized spacial score (nSPS) is 26.9. The van der Waals surface area contributed by atoms with Crippen LogP contribution in [-0.2, 0) is 9.59 Å². The van der Waals surface area contributed by atoms with Crippen LogP contribution in [0.4, 0.5) is 16.2 Å². The molecule has 1 spiro atoms. The lowest BCUT2D eigenvalue weighted by Gasteiger charge is -2.36. The number of carbonyl (C=O) groups excluding carboxylic acids is 3. The second-order valence-electron chi connectivity index (χ2n) is 8.68. The standard InChI is InChI=1S/C22H30N4O3/c1-15-13-17(25-11-5-6-12-25)8-9-18(15)23-19(27)14-26-20(28)22(24-21(26)29)10-4-3-7-16(22)2/h8-9,13,16H,3-7,10-12,14H2,1-2H3,(H,23,27)(H,24,29). The molecule has 2 aliphatic heterocycles. The Kier molecular flexibility index (Phi) is 5.23. The van der Waals surface area contributed by atoms with E-state index in [4.69, 9.17) is 0 Å². The molecule has 2 atom stereocenters. The molecular weight excluding hydrogens is 368 g/mol. The minimum Gasteiger partial charge on any atom is -0.372 e. The first-order valence-corrected chi connectivity index (χ1v) is 10.7. The maximum absolute atomic E-state index is 13.0. The second kappa shape index (κ2) is 7.69. The summed E-state index contributed by atoms with van der Waals surface area (Å²) in [5.74, 6) is -0.530. The van der Waals surface area contributed by atoms with E-state index in [0.717, 1.165) is 42.8 Å². The number of rotatable bonds is 4. The van der Waals surface area contributed by atoms with Crippen LogP contribution >= 0.6 is 0 Å². The highest BCUT2D eigenvalue weighted by atomic mass is 16.2. The zero-order valence-electron chi connectivity index (χ0n) is 17.3. The molecule has 156 valence electrons. The number of carbonyl (C=O) groups is 3. The van der Waals surface area contributed by atoms with Crippen molar-refractivity contribution in [2.75, 3.05) is 29.9 Å². The molecule has 1 aromatic carbocycles. The van der Waals surface area contributed by atoms with Crippen molar-refractivity contribution >= 4 is 29.2 Å². The van der Waals surface area contributed by atoms with Gasteiger partial charge in [0.1, 0.15) is 12.1 Å². The number of nitrogens with zero attached hydrogens (tertiary/aromatic N) is 2. The van der Waals surface area contributed by atoms with Crippen molar-refractivity contribution in [3.8, 4) is 0 Å². The van der Waals surface area contributed by atoms with E-state index in [1.807, 2.05) is 26.0 Å². The summed E-state index contributed by atoms with van der Waals surface area (Å²) >= 11 is 0. The van der Waals surface area contributed by atoms with E-state index in [0.29, 0.717) is 12.1 Å². The molecule has 1 aliphatic carbocycles. The molecule has 4 rings (SSSR count). The molecule has 1 aromatic rings. The van der Waals surface area contributed by atoms with Crippen molar-refractivity contribution in [3.05, 3.63) is 23.8 Å². The van der Waals surface area contributed by atoms with Gasteiger partial charge in [0.15, 0.2) is 0 Å². The van der Waals surface area contributed by atoms with E-state index in [1.165, 1.54) is 18.5 Å². The summed E-state index contributed by atoms with van der Waals surface area (Å²) in [6.07, 6.45) is 5.97. The third-order valence-electron chi connectivity index (χ3n) is 6.76. The molecule has 3 aliphatic rings. The number of hydrogen-bond acceptors (Lipinski definition) is 4. The van der Waals surface area contributed by atoms with Gasteiger partial charge in [0.2, 0.25) is 5.91 Å². The summed E-state index contributed by atoms with van der Waals surface area (Å²) in [5, 5.41) is 5.76. The molecule has 0 aromatic heterocycles. The zero-order valence-corrected chi connectivity index (χ0v) is 17.3. The minimum atomic E-state index is -0.830. The third kappa shape index (κ3) is 3.58. The number of anilines is 2. The van der Waals surface area contributed by atoms with E-state index in [-0.39, 0.29) is 24.3 Å². The van der Waals surface area contributed by atoms with Gasteiger partial charge in [-0.1, -0.05) is 19.8 Å². The molecule has 2 unspecified atom stereocenters. The first-order valence-electron chi connectivity index (χ1n) is 10.7. The van der Waals surface area contributed by atoms with E-state index in [2.05, 4.69) is 21.6 Å². The van der Waals surface area contributed by atoms with Crippen LogP contribution in [0.5, 0.6) is 0 Å². The van der Waals surface area contributed by atoms with Gasteiger partial charge >= 0.3 is 6.03 Å². The van der Waals surface area contributed by atoms with Gasteiger partial charge in [-0.05, 0) is 62.3 Å². The summed E-state index contributed by atoms with van der Waals surface area (Å²) < 4.78 is 0. The molecule has 2 saturated heterocycles. The number of imide groups is 1. The fourth-order valence-corrected chi connectivity index (χ4v) is 4.93. The SMILES string of the molecule is Cc1cc(N2CCCC2)ccc1NC(=O)CN1C(=O)NC2(CCCCC2C)C1=O. The molecular formula is C22H30N4O3. The molecule has 29 heavy (non-hydrogen) atoms. The predicted octanol–water partition coefficient (Wildman–Crippen LogP) is 3.03. The highest BCUT2D eigenvalue weighted by molar-refractivity contribution is 6.10. The largest absolute Gasteiger partial charge is 0.372 e. The van der Waals surface area contributed by atoms with Gasteiger partial charge < -0.3 is 15.5 Å². The Balaban J connectivity index is 1.42. The highest BCUT2D eigenvalue weighted by Gasteiger charge is 2.55. The molecule has 3 fully saturated rings. The van der Waals surface area contributed by atoms with Crippen LogP contribution < -0.4 is 15.5 Å². The Morgan fingerprint density at radius 3 is 2.66 bits per heavy atom. The number of amides is 4. The Labute approximate surface area is 171 Å². The Morgan fingerprint density at radius 1 is 1.21 bits per heavy atom. The van der Waals surface area contributed by atoms with Gasteiger partial charge in [0, 0.05) is 24.5 Å². The van der Waals surface area contributed by atoms with Crippen LogP contribution in [0.15, 0.2) is 18.2 Å². The van der Waals surface area contributed by atoms with Crippen molar-refractivity contribution in [2.24, 2.45) is 5.92 Å². The number of hydrogen-bond donors (Lipinski definition) is 2. The van der Waals surface area contributed by atoms with Crippen LogP contribution in [0.2, 0.25) is 0 Å². The lowest BCUT2D eigenvalue weighted by molar-refractivity contribution is -0.136. The fourth-order valence-electron chi connectivity index (χ4n) is 4.93. The van der Waals surface area contributed by atoms with Crippen LogP contribution in [0.3, 0.4) is 0 Å². The molecule has 2 heterocycles. The van der Waals surface area contributed by atoms with Crippen LogP contribution in [-0.4, -0.2) is 47.9 Å². The summed E-state index contributed by atoms with van der Waals surface area (Å²) in [6, 6.07) is 5.53. The molecule has 2 N–H and O–H groups in total. The van der Waals surface area contributed by atoms with Crippen LogP contribution in [0, 0.1) is 12.8 Å². The van der Waals surface area contributed by atoms with Crippen molar-refractivity contribution in [3.63, 3.8) is 0 Å². The molecule has 7 nitrogen and oxygen atoms in total. The minimum absolute atomic E-state index is 0.0844. The van der Waals surface area contributed by atoms with E-state index in [9.17, 15) is 14.4 Å². The maximum atomic E-state index is 13.0. The Hall–Kier alpha value is -2.57. The number of aryl methyl sites for hydroxylation is 1. The topological polar surface area (TPSA) is 81.8 Å². The average molecular weight is 399 g/mol. The van der Waals surface area contributed by atoms with Crippen LogP contribution in [0.1, 0.15) is 51.0 Å². The molecule has 1 saturated carbocycles. The summed E-state index contributed by atoms with van der Waals surface area (Å²) in [6.45, 7) is 5.84. The summed E-state index contributed by atoms with van der Waals surface area (Å²) in [4.78, 5) is 41.5. The van der Waals surface area contributed by atoms with Gasteiger partial charge in [-0.25, -0.2) is 4.79 Å². The van der Waals surface area contributed by atoms with Crippen LogP contribution in [0.25, 0.3) is 0 Å². The lowest BCUT2D eigenvalue weighted by atomic mass is 9.73. The fraction of sp³-hybridized carbons (Fsp3) is 0.591. The summed E-state index contributed by atoms with van der Waals surface area (Å²) in [5.41, 5.74) is 2.02. The third-order valence-corrected chi connectivity index (χ3v) is 6.76. The average Bonchev–Trinajstić information content (AvgIpc) is 3.30. The number of benzene rings is 1. The Bertz CT molecular complexity index is 833. The smallest absolute Gasteiger partial charge is 0.325 e. The second-order valence-corrected chi connectivity index (χ2v) is 8.68. The van der Waals surface area contributed by atoms with E-state index < -0.39 is 11.6 Å². The molecule has 0 radical (unpaired) electrons. The predicted molar refractivity (Wildman–Crippen MR) is 112 cm³/mol. The number of urea groups is 1. The zero-order chi connectivity index (χ0) is 20.6. The van der Waals surface area contributed by atoms with Gasteiger partial charge in [0.25, 0.3) is 5.91 Å². The van der Waals surface area contributed by atoms with Crippen molar-refractivity contribution in [1.82, 2.24) is 10.2 Å². The first kappa shape index (κ1) is 19.7. The van der Waals surface area contributed by atoms with Gasteiger partial charge in [0.05, 0.1) is 0 Å².